The van der Waals surface area contributed by atoms with Gasteiger partial charge in [-0.05, 0) is 30.3 Å². The van der Waals surface area contributed by atoms with Crippen LogP contribution in [0, 0.1) is 5.82 Å². The van der Waals surface area contributed by atoms with Gasteiger partial charge in [-0.2, -0.15) is 0 Å². The van der Waals surface area contributed by atoms with Gasteiger partial charge in [-0.25, -0.2) is 12.8 Å². The highest BCUT2D eigenvalue weighted by Gasteiger charge is 2.17. The summed E-state index contributed by atoms with van der Waals surface area (Å²) < 4.78 is 37.4. The number of rotatable bonds is 5. The van der Waals surface area contributed by atoms with Gasteiger partial charge in [-0.1, -0.05) is 24.6 Å². The van der Waals surface area contributed by atoms with E-state index in [1.54, 1.807) is 0 Å². The first-order valence-corrected chi connectivity index (χ1v) is 9.06. The van der Waals surface area contributed by atoms with Gasteiger partial charge in [0.25, 0.3) is 0 Å². The van der Waals surface area contributed by atoms with E-state index < -0.39 is 21.6 Å². The summed E-state index contributed by atoms with van der Waals surface area (Å²) in [5, 5.41) is 12.3. The Kier molecular flexibility index (Phi) is 5.46. The van der Waals surface area contributed by atoms with E-state index in [4.69, 9.17) is 11.6 Å². The lowest BCUT2D eigenvalue weighted by Gasteiger charge is -2.10. The summed E-state index contributed by atoms with van der Waals surface area (Å²) in [5.74, 6) is -1.67. The van der Waals surface area contributed by atoms with E-state index >= 15 is 0 Å². The second-order valence-corrected chi connectivity index (χ2v) is 7.69. The van der Waals surface area contributed by atoms with Crippen LogP contribution in [-0.2, 0) is 21.1 Å². The first-order valence-electron chi connectivity index (χ1n) is 7.03. The minimum absolute atomic E-state index is 0.0218. The van der Waals surface area contributed by atoms with Crippen LogP contribution in [0.2, 0.25) is 5.02 Å². The van der Waals surface area contributed by atoms with Gasteiger partial charge in [0.05, 0.1) is 22.8 Å². The van der Waals surface area contributed by atoms with Crippen LogP contribution in [-0.4, -0.2) is 25.2 Å². The maximum atomic E-state index is 13.7. The molecule has 24 heavy (non-hydrogen) atoms. The van der Waals surface area contributed by atoms with Crippen molar-refractivity contribution in [2.75, 3.05) is 11.1 Å². The molecule has 2 aromatic carbocycles. The average Bonchev–Trinajstić information content (AvgIpc) is 2.53. The van der Waals surface area contributed by atoms with E-state index in [-0.39, 0.29) is 39.1 Å². The second kappa shape index (κ2) is 7.19. The molecule has 2 N–H and O–H groups in total. The van der Waals surface area contributed by atoms with E-state index in [9.17, 15) is 22.7 Å². The van der Waals surface area contributed by atoms with Gasteiger partial charge in [0.2, 0.25) is 5.91 Å². The molecule has 0 aliphatic carbocycles. The first kappa shape index (κ1) is 18.2. The van der Waals surface area contributed by atoms with Gasteiger partial charge in [-0.3, -0.25) is 4.79 Å². The second-order valence-electron chi connectivity index (χ2n) is 5.01. The minimum atomic E-state index is -3.49. The van der Waals surface area contributed by atoms with Gasteiger partial charge in [0.15, 0.2) is 9.84 Å². The van der Waals surface area contributed by atoms with Crippen molar-refractivity contribution in [2.24, 2.45) is 0 Å². The molecule has 1 amide bonds. The molecule has 0 spiro atoms. The number of phenols is 1. The molecule has 2 rings (SSSR count). The normalized spacial score (nSPS) is 11.3. The summed E-state index contributed by atoms with van der Waals surface area (Å²) in [6, 6.07) is 7.64. The van der Waals surface area contributed by atoms with Crippen LogP contribution < -0.4 is 5.32 Å². The van der Waals surface area contributed by atoms with E-state index in [2.05, 4.69) is 5.32 Å². The summed E-state index contributed by atoms with van der Waals surface area (Å²) in [7, 11) is -3.49. The van der Waals surface area contributed by atoms with E-state index in [0.717, 1.165) is 6.07 Å². The number of amides is 1. The lowest BCUT2D eigenvalue weighted by atomic mass is 10.1. The van der Waals surface area contributed by atoms with Crippen LogP contribution in [0.4, 0.5) is 10.1 Å². The highest BCUT2D eigenvalue weighted by Crippen LogP contribution is 2.27. The maximum Gasteiger partial charge on any atom is 0.229 e. The number of hydrogen-bond acceptors (Lipinski definition) is 4. The Morgan fingerprint density at radius 3 is 2.62 bits per heavy atom. The molecule has 0 radical (unpaired) electrons. The molecular weight excluding hydrogens is 357 g/mol. The van der Waals surface area contributed by atoms with Crippen LogP contribution in [0.15, 0.2) is 41.3 Å². The molecule has 0 unspecified atom stereocenters. The number of benzene rings is 2. The molecular formula is C16H15ClFNO4S. The average molecular weight is 372 g/mol. The Balaban J connectivity index is 2.25. The summed E-state index contributed by atoms with van der Waals surface area (Å²) >= 11 is 5.86. The smallest absolute Gasteiger partial charge is 0.229 e. The van der Waals surface area contributed by atoms with Crippen LogP contribution in [0.25, 0.3) is 0 Å². The van der Waals surface area contributed by atoms with Gasteiger partial charge in [-0.15, -0.1) is 0 Å². The Morgan fingerprint density at radius 2 is 2.00 bits per heavy atom. The fourth-order valence-electron chi connectivity index (χ4n) is 2.03. The molecule has 0 saturated carbocycles. The number of nitrogens with one attached hydrogen (secondary N) is 1. The Morgan fingerprint density at radius 1 is 1.29 bits per heavy atom. The zero-order chi connectivity index (χ0) is 17.9. The van der Waals surface area contributed by atoms with Crippen molar-refractivity contribution in [3.05, 3.63) is 52.8 Å². The third kappa shape index (κ3) is 4.04. The molecule has 128 valence electrons. The third-order valence-corrected chi connectivity index (χ3v) is 5.47. The number of aromatic hydroxyl groups is 1. The van der Waals surface area contributed by atoms with Crippen LogP contribution >= 0.6 is 11.6 Å². The summed E-state index contributed by atoms with van der Waals surface area (Å²) in [5.41, 5.74) is -0.0459. The Hall–Kier alpha value is -2.12. The van der Waals surface area contributed by atoms with Crippen molar-refractivity contribution in [3.8, 4) is 5.75 Å². The van der Waals surface area contributed by atoms with Crippen LogP contribution in [0.3, 0.4) is 0 Å². The number of halogens is 2. The monoisotopic (exact) mass is 371 g/mol. The number of phenolic OH excluding ortho intramolecular Hbond substituents is 1. The largest absolute Gasteiger partial charge is 0.506 e. The molecule has 0 bridgehead atoms. The van der Waals surface area contributed by atoms with Crippen LogP contribution in [0.5, 0.6) is 5.75 Å². The lowest BCUT2D eigenvalue weighted by Crippen LogP contribution is -2.16. The Bertz CT molecular complexity index is 863. The third-order valence-electron chi connectivity index (χ3n) is 3.38. The molecule has 0 fully saturated rings. The topological polar surface area (TPSA) is 83.5 Å². The van der Waals surface area contributed by atoms with Gasteiger partial charge in [0.1, 0.15) is 11.6 Å². The lowest BCUT2D eigenvalue weighted by molar-refractivity contribution is -0.115. The summed E-state index contributed by atoms with van der Waals surface area (Å²) in [4.78, 5) is 12.0. The number of hydrogen-bond donors (Lipinski definition) is 2. The Labute approximate surface area is 144 Å². The van der Waals surface area contributed by atoms with Gasteiger partial charge in [0, 0.05) is 10.6 Å². The van der Waals surface area contributed by atoms with Gasteiger partial charge >= 0.3 is 0 Å². The predicted molar refractivity (Wildman–Crippen MR) is 89.6 cm³/mol. The molecule has 0 heterocycles. The molecule has 0 aliphatic heterocycles. The number of carbonyl (C=O) groups excluding carboxylic acids is 1. The minimum Gasteiger partial charge on any atom is -0.506 e. The molecule has 0 aliphatic rings. The highest BCUT2D eigenvalue weighted by molar-refractivity contribution is 7.91. The van der Waals surface area contributed by atoms with Crippen molar-refractivity contribution < 1.29 is 22.7 Å². The van der Waals surface area contributed by atoms with Crippen molar-refractivity contribution in [3.63, 3.8) is 0 Å². The molecule has 8 heteroatoms. The van der Waals surface area contributed by atoms with Crippen molar-refractivity contribution >= 4 is 33.0 Å². The summed E-state index contributed by atoms with van der Waals surface area (Å²) in [6.45, 7) is 1.49. The van der Waals surface area contributed by atoms with Crippen molar-refractivity contribution in [1.82, 2.24) is 0 Å². The fraction of sp³-hybridized carbons (Fsp3) is 0.188. The molecule has 2 aromatic rings. The number of anilines is 1. The van der Waals surface area contributed by atoms with E-state index in [0.29, 0.717) is 0 Å². The first-order chi connectivity index (χ1) is 11.2. The van der Waals surface area contributed by atoms with Gasteiger partial charge < -0.3 is 10.4 Å². The number of sulfone groups is 1. The maximum absolute atomic E-state index is 13.7. The molecule has 0 saturated heterocycles. The molecule has 0 atom stereocenters. The predicted octanol–water partition coefficient (Wildman–Crippen LogP) is 3.16. The summed E-state index contributed by atoms with van der Waals surface area (Å²) in [6.07, 6.45) is -0.351. The van der Waals surface area contributed by atoms with Crippen LogP contribution in [0.1, 0.15) is 12.5 Å². The molecule has 5 nitrogen and oxygen atoms in total. The van der Waals surface area contributed by atoms with Crippen molar-refractivity contribution in [2.45, 2.75) is 18.2 Å². The number of carbonyl (C=O) groups is 1. The van der Waals surface area contributed by atoms with E-state index in [1.165, 1.54) is 37.3 Å². The quantitative estimate of drug-likeness (QED) is 0.791. The molecule has 0 aromatic heterocycles. The standard InChI is InChI=1S/C16H15ClFNO4S/c1-2-24(22,23)10-6-7-15(20)14(8-10)19-16(21)9-11-12(17)4-3-5-13(11)18/h3-8,20H,2,9H2,1H3,(H,19,21). The van der Waals surface area contributed by atoms with E-state index in [1.807, 2.05) is 0 Å². The zero-order valence-corrected chi connectivity index (χ0v) is 14.3. The zero-order valence-electron chi connectivity index (χ0n) is 12.7. The van der Waals surface area contributed by atoms with Crippen molar-refractivity contribution in [1.29, 1.82) is 0 Å². The SMILES string of the molecule is CCS(=O)(=O)c1ccc(O)c(NC(=O)Cc2c(F)cccc2Cl)c1. The highest BCUT2D eigenvalue weighted by atomic mass is 35.5. The fourth-order valence-corrected chi connectivity index (χ4v) is 3.17.